The highest BCUT2D eigenvalue weighted by Gasteiger charge is 2.90. The molecule has 1 aromatic carbocycles. The lowest BCUT2D eigenvalue weighted by Gasteiger charge is -2.39. The first-order valence-electron chi connectivity index (χ1n) is 6.14. The fraction of sp³-hybridized carbons (Fsp3) is 0.500. The van der Waals surface area contributed by atoms with Crippen LogP contribution in [0.15, 0.2) is 18.2 Å². The normalized spacial score (nSPS) is 15.1. The number of aromatic hydroxyl groups is 2. The zero-order valence-electron chi connectivity index (χ0n) is 12.0. The highest BCUT2D eigenvalue weighted by molar-refractivity contribution is 5.42. The minimum atomic E-state index is -8.00. The summed E-state index contributed by atoms with van der Waals surface area (Å²) in [7, 11) is 0. The molecule has 0 radical (unpaired) electrons. The van der Waals surface area contributed by atoms with Crippen molar-refractivity contribution < 1.29 is 67.3 Å². The summed E-state index contributed by atoms with van der Waals surface area (Å²) in [6.07, 6.45) is -7.48. The van der Waals surface area contributed by atoms with Gasteiger partial charge in [0.15, 0.2) is 11.5 Å². The second kappa shape index (κ2) is 5.95. The van der Waals surface area contributed by atoms with Crippen molar-refractivity contribution in [1.29, 1.82) is 0 Å². The number of phenols is 2. The van der Waals surface area contributed by atoms with Gasteiger partial charge in [0.25, 0.3) is 0 Å². The Labute approximate surface area is 139 Å². The molecule has 0 aliphatic heterocycles. The lowest BCUT2D eigenvalue weighted by molar-refractivity contribution is -0.441. The van der Waals surface area contributed by atoms with Gasteiger partial charge in [0.05, 0.1) is 0 Å². The molecule has 2 N–H and O–H groups in total. The molecule has 0 aliphatic rings. The van der Waals surface area contributed by atoms with Gasteiger partial charge in [-0.25, -0.2) is 0 Å². The summed E-state index contributed by atoms with van der Waals surface area (Å²) in [6.45, 7) is 0. The number of halogens is 13. The molecule has 156 valence electrons. The van der Waals surface area contributed by atoms with Crippen LogP contribution in [-0.4, -0.2) is 40.1 Å². The van der Waals surface area contributed by atoms with Crippen LogP contribution in [0.5, 0.6) is 11.5 Å². The Hall–Kier alpha value is -2.09. The molecular weight excluding hydrogens is 423 g/mol. The van der Waals surface area contributed by atoms with Crippen LogP contribution in [-0.2, 0) is 5.92 Å². The van der Waals surface area contributed by atoms with Crippen LogP contribution >= 0.6 is 0 Å². The second-order valence-corrected chi connectivity index (χ2v) is 5.07. The molecule has 0 saturated heterocycles. The van der Waals surface area contributed by atoms with E-state index in [1.54, 1.807) is 0 Å². The van der Waals surface area contributed by atoms with E-state index in [1.165, 1.54) is 0 Å². The van der Waals surface area contributed by atoms with Crippen LogP contribution in [0.25, 0.3) is 0 Å². The first-order valence-corrected chi connectivity index (χ1v) is 6.14. The van der Waals surface area contributed by atoms with Crippen LogP contribution in [0.4, 0.5) is 57.1 Å². The molecule has 15 heteroatoms. The fourth-order valence-electron chi connectivity index (χ4n) is 1.67. The molecule has 1 rings (SSSR count). The van der Waals surface area contributed by atoms with Crippen LogP contribution in [0.1, 0.15) is 5.56 Å². The molecule has 1 aromatic rings. The smallest absolute Gasteiger partial charge is 0.460 e. The first-order chi connectivity index (χ1) is 11.7. The van der Waals surface area contributed by atoms with Crippen molar-refractivity contribution in [3.05, 3.63) is 23.8 Å². The van der Waals surface area contributed by atoms with Crippen molar-refractivity contribution in [3.63, 3.8) is 0 Å². The van der Waals surface area contributed by atoms with E-state index in [-0.39, 0.29) is 12.1 Å². The summed E-state index contributed by atoms with van der Waals surface area (Å²) in [5, 5.41) is 17.7. The molecule has 0 saturated carbocycles. The molecule has 0 bridgehead atoms. The average Bonchev–Trinajstić information content (AvgIpc) is 2.47. The van der Waals surface area contributed by atoms with Gasteiger partial charge in [-0.1, -0.05) is 0 Å². The lowest BCUT2D eigenvalue weighted by atomic mass is 9.90. The van der Waals surface area contributed by atoms with E-state index in [4.69, 9.17) is 10.2 Å². The highest BCUT2D eigenvalue weighted by atomic mass is 19.4. The van der Waals surface area contributed by atoms with Gasteiger partial charge >= 0.3 is 35.8 Å². The lowest BCUT2D eigenvalue weighted by Crippen LogP contribution is -2.69. The quantitative estimate of drug-likeness (QED) is 0.494. The predicted molar refractivity (Wildman–Crippen MR) is 59.5 cm³/mol. The van der Waals surface area contributed by atoms with Gasteiger partial charge in [-0.05, 0) is 18.2 Å². The number of rotatable bonds is 5. The van der Waals surface area contributed by atoms with Gasteiger partial charge < -0.3 is 10.2 Å². The van der Waals surface area contributed by atoms with Crippen molar-refractivity contribution in [1.82, 2.24) is 0 Å². The van der Waals surface area contributed by atoms with Crippen LogP contribution in [0.3, 0.4) is 0 Å². The van der Waals surface area contributed by atoms with Crippen molar-refractivity contribution in [3.8, 4) is 11.5 Å². The number of phenolic OH excluding ortho intramolecular Hbond substituents is 2. The number of alkyl halides is 13. The number of hydrogen-bond donors (Lipinski definition) is 2. The van der Waals surface area contributed by atoms with Gasteiger partial charge in [0, 0.05) is 5.56 Å². The Balaban J connectivity index is 3.60. The summed E-state index contributed by atoms with van der Waals surface area (Å²) in [6, 6.07) is -0.756. The van der Waals surface area contributed by atoms with Crippen LogP contribution in [0.2, 0.25) is 0 Å². The minimum Gasteiger partial charge on any atom is -0.504 e. The van der Waals surface area contributed by atoms with Crippen LogP contribution in [0, 0.1) is 0 Å². The van der Waals surface area contributed by atoms with Gasteiger partial charge in [-0.3, -0.25) is 0 Å². The zero-order chi connectivity index (χ0) is 21.9. The van der Waals surface area contributed by atoms with Gasteiger partial charge in [0.2, 0.25) is 0 Å². The maximum Gasteiger partial charge on any atom is 0.460 e. The molecule has 0 fully saturated rings. The Kier molecular flexibility index (Phi) is 5.06. The third kappa shape index (κ3) is 2.99. The summed E-state index contributed by atoms with van der Waals surface area (Å²) in [5.41, 5.74) is -2.38. The molecule has 0 spiro atoms. The number of hydrogen-bond acceptors (Lipinski definition) is 2. The zero-order valence-corrected chi connectivity index (χ0v) is 12.0. The van der Waals surface area contributed by atoms with E-state index in [0.29, 0.717) is 0 Å². The standard InChI is InChI=1S/C12H5F13O2/c13-7(14,4-1-2-5(26)6(27)3-4)8(15,16)9(17,18)10(19,20)11(21,22)12(23,24)25/h1-3,26-27H. The van der Waals surface area contributed by atoms with Gasteiger partial charge in [0.1, 0.15) is 0 Å². The third-order valence-electron chi connectivity index (χ3n) is 3.27. The molecule has 0 heterocycles. The van der Waals surface area contributed by atoms with E-state index in [9.17, 15) is 57.1 Å². The van der Waals surface area contributed by atoms with E-state index < -0.39 is 58.9 Å². The van der Waals surface area contributed by atoms with E-state index in [2.05, 4.69) is 0 Å². The summed E-state index contributed by atoms with van der Waals surface area (Å²) < 4.78 is 168. The van der Waals surface area contributed by atoms with Crippen molar-refractivity contribution in [2.24, 2.45) is 0 Å². The molecule has 0 atom stereocenters. The minimum absolute atomic E-state index is 0.0231. The molecule has 0 aliphatic carbocycles. The van der Waals surface area contributed by atoms with E-state index in [0.717, 1.165) is 0 Å². The van der Waals surface area contributed by atoms with E-state index in [1.807, 2.05) is 0 Å². The maximum atomic E-state index is 13.7. The van der Waals surface area contributed by atoms with Crippen molar-refractivity contribution in [2.45, 2.75) is 35.8 Å². The van der Waals surface area contributed by atoms with Gasteiger partial charge in [-0.2, -0.15) is 57.1 Å². The second-order valence-electron chi connectivity index (χ2n) is 5.07. The first kappa shape index (κ1) is 23.0. The molecule has 27 heavy (non-hydrogen) atoms. The Morgan fingerprint density at radius 3 is 1.30 bits per heavy atom. The SMILES string of the molecule is Oc1ccc(C(F)(F)C(F)(F)C(F)(F)C(F)(F)C(F)(F)C(F)(F)F)cc1O. The summed E-state index contributed by atoms with van der Waals surface area (Å²) in [4.78, 5) is 0. The topological polar surface area (TPSA) is 40.5 Å². The summed E-state index contributed by atoms with van der Waals surface area (Å²) in [5.74, 6) is -40.6. The highest BCUT2D eigenvalue weighted by Crippen LogP contribution is 2.62. The van der Waals surface area contributed by atoms with Gasteiger partial charge in [-0.15, -0.1) is 0 Å². The Morgan fingerprint density at radius 2 is 0.926 bits per heavy atom. The predicted octanol–water partition coefficient (Wildman–Crippen LogP) is 5.29. The van der Waals surface area contributed by atoms with Crippen molar-refractivity contribution in [2.75, 3.05) is 0 Å². The largest absolute Gasteiger partial charge is 0.504 e. The molecule has 0 amide bonds. The van der Waals surface area contributed by atoms with E-state index >= 15 is 0 Å². The Morgan fingerprint density at radius 1 is 0.519 bits per heavy atom. The fourth-order valence-corrected chi connectivity index (χ4v) is 1.67. The molecule has 2 nitrogen and oxygen atoms in total. The molecule has 0 unspecified atom stereocenters. The maximum absolute atomic E-state index is 13.7. The monoisotopic (exact) mass is 428 g/mol. The Bertz CT molecular complexity index is 708. The average molecular weight is 428 g/mol. The van der Waals surface area contributed by atoms with Crippen LogP contribution < -0.4 is 0 Å². The molecule has 0 aromatic heterocycles. The van der Waals surface area contributed by atoms with Crippen molar-refractivity contribution >= 4 is 0 Å². The number of benzene rings is 1. The third-order valence-corrected chi connectivity index (χ3v) is 3.27. The molecular formula is C12H5F13O2. The summed E-state index contributed by atoms with van der Waals surface area (Å²) >= 11 is 0.